The highest BCUT2D eigenvalue weighted by molar-refractivity contribution is 5.74. The topological polar surface area (TPSA) is 86.7 Å². The summed E-state index contributed by atoms with van der Waals surface area (Å²) in [7, 11) is 0. The minimum atomic E-state index is -0.160. The van der Waals surface area contributed by atoms with Gasteiger partial charge in [-0.3, -0.25) is 0 Å². The zero-order valence-electron chi connectivity index (χ0n) is 10.6. The van der Waals surface area contributed by atoms with E-state index in [2.05, 4.69) is 22.2 Å². The molecular formula is C13H20N4O. The minimum absolute atomic E-state index is 0.160. The monoisotopic (exact) mass is 248 g/mol. The molecule has 5 nitrogen and oxygen atoms in total. The molecule has 0 radical (unpaired) electrons. The van der Waals surface area contributed by atoms with Gasteiger partial charge in [-0.2, -0.15) is 0 Å². The molecule has 98 valence electrons. The molecule has 0 aliphatic carbocycles. The van der Waals surface area contributed by atoms with Gasteiger partial charge in [0.05, 0.1) is 11.0 Å². The van der Waals surface area contributed by atoms with E-state index < -0.39 is 0 Å². The van der Waals surface area contributed by atoms with E-state index in [1.165, 1.54) is 0 Å². The van der Waals surface area contributed by atoms with E-state index in [1.54, 1.807) is 0 Å². The third-order valence-corrected chi connectivity index (χ3v) is 3.13. The van der Waals surface area contributed by atoms with Gasteiger partial charge in [0, 0.05) is 6.54 Å². The molecule has 1 heterocycles. The van der Waals surface area contributed by atoms with E-state index in [1.807, 2.05) is 18.2 Å². The van der Waals surface area contributed by atoms with Crippen LogP contribution in [-0.4, -0.2) is 23.1 Å². The first kappa shape index (κ1) is 12.9. The molecule has 5 heteroatoms. The van der Waals surface area contributed by atoms with Gasteiger partial charge in [-0.25, -0.2) is 4.79 Å². The number of hydrogen-bond acceptors (Lipinski definition) is 3. The average molecular weight is 248 g/mol. The summed E-state index contributed by atoms with van der Waals surface area (Å²) < 4.78 is 0. The van der Waals surface area contributed by atoms with E-state index in [0.29, 0.717) is 5.92 Å². The molecule has 2 aromatic rings. The van der Waals surface area contributed by atoms with Crippen LogP contribution in [0.1, 0.15) is 18.9 Å². The van der Waals surface area contributed by atoms with Crippen molar-refractivity contribution in [3.8, 4) is 0 Å². The summed E-state index contributed by atoms with van der Waals surface area (Å²) in [4.78, 5) is 16.6. The fraction of sp³-hybridized carbons (Fsp3) is 0.462. The number of fused-ring (bicyclic) bond motifs is 1. The van der Waals surface area contributed by atoms with Crippen LogP contribution in [0.15, 0.2) is 23.0 Å². The van der Waals surface area contributed by atoms with E-state index in [0.717, 1.165) is 42.7 Å². The summed E-state index contributed by atoms with van der Waals surface area (Å²) in [6, 6.07) is 5.94. The number of benzene rings is 1. The third kappa shape index (κ3) is 3.21. The van der Waals surface area contributed by atoms with Crippen LogP contribution >= 0.6 is 0 Å². The number of aromatic amines is 2. The highest BCUT2D eigenvalue weighted by atomic mass is 16.1. The van der Waals surface area contributed by atoms with E-state index >= 15 is 0 Å². The highest BCUT2D eigenvalue weighted by Gasteiger charge is 2.01. The fourth-order valence-electron chi connectivity index (χ4n) is 1.89. The van der Waals surface area contributed by atoms with E-state index in [4.69, 9.17) is 5.73 Å². The second-order valence-corrected chi connectivity index (χ2v) is 4.77. The van der Waals surface area contributed by atoms with Crippen molar-refractivity contribution in [2.45, 2.75) is 19.9 Å². The van der Waals surface area contributed by atoms with Crippen molar-refractivity contribution in [3.05, 3.63) is 34.2 Å². The standard InChI is InChI=1S/C13H20N4O/c1-9(7-14)4-5-15-8-10-2-3-11-12(6-10)17-13(18)16-11/h2-3,6,9,15H,4-5,7-8,14H2,1H3,(H2,16,17,18). The summed E-state index contributed by atoms with van der Waals surface area (Å²) in [5.74, 6) is 0.556. The molecule has 1 aromatic carbocycles. The van der Waals surface area contributed by atoms with Crippen molar-refractivity contribution in [3.63, 3.8) is 0 Å². The quantitative estimate of drug-likeness (QED) is 0.574. The second kappa shape index (κ2) is 5.84. The van der Waals surface area contributed by atoms with Crippen molar-refractivity contribution in [1.29, 1.82) is 0 Å². The van der Waals surface area contributed by atoms with Crippen molar-refractivity contribution in [1.82, 2.24) is 15.3 Å². The first-order valence-corrected chi connectivity index (χ1v) is 6.30. The molecule has 0 saturated heterocycles. The fourth-order valence-corrected chi connectivity index (χ4v) is 1.89. The summed E-state index contributed by atoms with van der Waals surface area (Å²) in [5, 5.41) is 3.38. The third-order valence-electron chi connectivity index (χ3n) is 3.13. The molecule has 0 bridgehead atoms. The summed E-state index contributed by atoms with van der Waals surface area (Å²) in [6.07, 6.45) is 1.08. The van der Waals surface area contributed by atoms with Crippen molar-refractivity contribution in [2.75, 3.05) is 13.1 Å². The second-order valence-electron chi connectivity index (χ2n) is 4.77. The number of H-pyrrole nitrogens is 2. The Labute approximate surface area is 106 Å². The number of nitrogens with two attached hydrogens (primary N) is 1. The Morgan fingerprint density at radius 3 is 2.89 bits per heavy atom. The van der Waals surface area contributed by atoms with Gasteiger partial charge in [0.2, 0.25) is 0 Å². The van der Waals surface area contributed by atoms with Crippen molar-refractivity contribution < 1.29 is 0 Å². The van der Waals surface area contributed by atoms with Gasteiger partial charge < -0.3 is 21.0 Å². The van der Waals surface area contributed by atoms with Gasteiger partial charge in [0.25, 0.3) is 0 Å². The molecule has 5 N–H and O–H groups in total. The molecule has 1 aromatic heterocycles. The SMILES string of the molecule is CC(CN)CCNCc1ccc2[nH]c(=O)[nH]c2c1. The number of hydrogen-bond donors (Lipinski definition) is 4. The largest absolute Gasteiger partial charge is 0.330 e. The summed E-state index contributed by atoms with van der Waals surface area (Å²) >= 11 is 0. The summed E-state index contributed by atoms with van der Waals surface area (Å²) in [6.45, 7) is 4.65. The summed E-state index contributed by atoms with van der Waals surface area (Å²) in [5.41, 5.74) is 8.27. The Balaban J connectivity index is 1.89. The maximum atomic E-state index is 11.1. The lowest BCUT2D eigenvalue weighted by Crippen LogP contribution is -2.20. The molecule has 18 heavy (non-hydrogen) atoms. The van der Waals surface area contributed by atoms with Gasteiger partial charge in [-0.15, -0.1) is 0 Å². The normalized spacial score (nSPS) is 13.0. The van der Waals surface area contributed by atoms with Gasteiger partial charge in [-0.05, 0) is 43.1 Å². The molecule has 0 aliphatic rings. The first-order valence-electron chi connectivity index (χ1n) is 6.30. The average Bonchev–Trinajstić information content (AvgIpc) is 2.73. The van der Waals surface area contributed by atoms with Crippen LogP contribution in [0, 0.1) is 5.92 Å². The molecule has 2 rings (SSSR count). The lowest BCUT2D eigenvalue weighted by atomic mass is 10.1. The molecule has 0 fully saturated rings. The Hall–Kier alpha value is -1.59. The molecule has 0 aliphatic heterocycles. The van der Waals surface area contributed by atoms with E-state index in [9.17, 15) is 4.79 Å². The van der Waals surface area contributed by atoms with Crippen LogP contribution in [0.2, 0.25) is 0 Å². The molecule has 0 saturated carbocycles. The zero-order valence-corrected chi connectivity index (χ0v) is 10.6. The molecule has 1 unspecified atom stereocenters. The minimum Gasteiger partial charge on any atom is -0.330 e. The predicted octanol–water partition coefficient (Wildman–Crippen LogP) is 0.931. The zero-order chi connectivity index (χ0) is 13.0. The van der Waals surface area contributed by atoms with Crippen LogP contribution in [0.4, 0.5) is 0 Å². The Kier molecular flexibility index (Phi) is 4.17. The van der Waals surface area contributed by atoms with Crippen LogP contribution in [0.25, 0.3) is 11.0 Å². The Morgan fingerprint density at radius 2 is 2.11 bits per heavy atom. The smallest absolute Gasteiger partial charge is 0.323 e. The van der Waals surface area contributed by atoms with Crippen LogP contribution < -0.4 is 16.7 Å². The number of aromatic nitrogens is 2. The Bertz CT molecular complexity index is 557. The van der Waals surface area contributed by atoms with Gasteiger partial charge in [0.1, 0.15) is 0 Å². The van der Waals surface area contributed by atoms with Gasteiger partial charge in [0.15, 0.2) is 0 Å². The first-order chi connectivity index (χ1) is 8.69. The maximum Gasteiger partial charge on any atom is 0.323 e. The molecule has 1 atom stereocenters. The lowest BCUT2D eigenvalue weighted by Gasteiger charge is -2.09. The number of rotatable bonds is 6. The van der Waals surface area contributed by atoms with Gasteiger partial charge in [-0.1, -0.05) is 13.0 Å². The highest BCUT2D eigenvalue weighted by Crippen LogP contribution is 2.09. The van der Waals surface area contributed by atoms with E-state index in [-0.39, 0.29) is 5.69 Å². The van der Waals surface area contributed by atoms with Crippen LogP contribution in [0.5, 0.6) is 0 Å². The predicted molar refractivity (Wildman–Crippen MR) is 73.5 cm³/mol. The molecule has 0 spiro atoms. The van der Waals surface area contributed by atoms with Crippen LogP contribution in [-0.2, 0) is 6.54 Å². The lowest BCUT2D eigenvalue weighted by molar-refractivity contribution is 0.509. The Morgan fingerprint density at radius 1 is 1.33 bits per heavy atom. The molecular weight excluding hydrogens is 228 g/mol. The van der Waals surface area contributed by atoms with Crippen molar-refractivity contribution in [2.24, 2.45) is 11.7 Å². The molecule has 0 amide bonds. The number of imidazole rings is 1. The maximum absolute atomic E-state index is 11.1. The van der Waals surface area contributed by atoms with Gasteiger partial charge >= 0.3 is 5.69 Å². The van der Waals surface area contributed by atoms with Crippen molar-refractivity contribution >= 4 is 11.0 Å². The number of nitrogens with one attached hydrogen (secondary N) is 3. The van der Waals surface area contributed by atoms with Crippen LogP contribution in [0.3, 0.4) is 0 Å².